The van der Waals surface area contributed by atoms with Crippen LogP contribution in [0.5, 0.6) is 0 Å². The molecule has 2 rings (SSSR count). The molecule has 16 heavy (non-hydrogen) atoms. The van der Waals surface area contributed by atoms with Crippen molar-refractivity contribution in [1.29, 1.82) is 0 Å². The largest absolute Gasteiger partial charge is 0.381 e. The second kappa shape index (κ2) is 5.99. The highest BCUT2D eigenvalue weighted by Crippen LogP contribution is 2.26. The molecule has 0 spiro atoms. The van der Waals surface area contributed by atoms with Gasteiger partial charge in [0.15, 0.2) is 0 Å². The SMILES string of the molecule is COC1CCC(CN2CCN(C)CC2)CC1. The van der Waals surface area contributed by atoms with E-state index < -0.39 is 0 Å². The lowest BCUT2D eigenvalue weighted by molar-refractivity contribution is 0.0451. The number of hydrogen-bond donors (Lipinski definition) is 0. The maximum Gasteiger partial charge on any atom is 0.0571 e. The van der Waals surface area contributed by atoms with Gasteiger partial charge in [-0.1, -0.05) is 0 Å². The molecule has 2 aliphatic rings. The molecule has 0 unspecified atom stereocenters. The summed E-state index contributed by atoms with van der Waals surface area (Å²) in [6, 6.07) is 0. The van der Waals surface area contributed by atoms with Gasteiger partial charge in [0.1, 0.15) is 0 Å². The zero-order valence-electron chi connectivity index (χ0n) is 10.8. The third-order valence-electron chi connectivity index (χ3n) is 4.24. The van der Waals surface area contributed by atoms with Gasteiger partial charge < -0.3 is 14.5 Å². The van der Waals surface area contributed by atoms with Crippen molar-refractivity contribution in [1.82, 2.24) is 9.80 Å². The topological polar surface area (TPSA) is 15.7 Å². The van der Waals surface area contributed by atoms with E-state index in [1.807, 2.05) is 7.11 Å². The van der Waals surface area contributed by atoms with Crippen LogP contribution in [-0.4, -0.2) is 62.8 Å². The Morgan fingerprint density at radius 3 is 2.19 bits per heavy atom. The molecule has 0 aromatic carbocycles. The van der Waals surface area contributed by atoms with E-state index in [1.165, 1.54) is 58.4 Å². The minimum Gasteiger partial charge on any atom is -0.381 e. The van der Waals surface area contributed by atoms with Crippen LogP contribution in [0.15, 0.2) is 0 Å². The average molecular weight is 226 g/mol. The third kappa shape index (κ3) is 3.44. The highest BCUT2D eigenvalue weighted by molar-refractivity contribution is 4.77. The number of likely N-dealkylation sites (N-methyl/N-ethyl adjacent to an activating group) is 1. The summed E-state index contributed by atoms with van der Waals surface area (Å²) in [4.78, 5) is 5.08. The fourth-order valence-electron chi connectivity index (χ4n) is 2.95. The Kier molecular flexibility index (Phi) is 4.62. The molecular weight excluding hydrogens is 200 g/mol. The predicted octanol–water partition coefficient (Wildman–Crippen LogP) is 1.44. The normalized spacial score (nSPS) is 34.1. The second-order valence-corrected chi connectivity index (χ2v) is 5.48. The van der Waals surface area contributed by atoms with Gasteiger partial charge in [0.25, 0.3) is 0 Å². The number of hydrogen-bond acceptors (Lipinski definition) is 3. The summed E-state index contributed by atoms with van der Waals surface area (Å²) in [6.45, 7) is 6.34. The quantitative estimate of drug-likeness (QED) is 0.724. The molecule has 1 aliphatic heterocycles. The first-order chi connectivity index (χ1) is 7.78. The van der Waals surface area contributed by atoms with Gasteiger partial charge in [0.2, 0.25) is 0 Å². The lowest BCUT2D eigenvalue weighted by atomic mass is 9.87. The van der Waals surface area contributed by atoms with Crippen LogP contribution in [0.2, 0.25) is 0 Å². The highest BCUT2D eigenvalue weighted by Gasteiger charge is 2.23. The van der Waals surface area contributed by atoms with Gasteiger partial charge in [-0.05, 0) is 38.6 Å². The lowest BCUT2D eigenvalue weighted by Gasteiger charge is -2.36. The maximum absolute atomic E-state index is 5.42. The molecule has 0 atom stereocenters. The molecule has 1 saturated heterocycles. The zero-order chi connectivity index (χ0) is 11.4. The van der Waals surface area contributed by atoms with Crippen LogP contribution in [0.4, 0.5) is 0 Å². The molecule has 0 bridgehead atoms. The molecule has 3 nitrogen and oxygen atoms in total. The molecule has 0 aromatic heterocycles. The number of rotatable bonds is 3. The fraction of sp³-hybridized carbons (Fsp3) is 1.00. The van der Waals surface area contributed by atoms with Gasteiger partial charge in [-0.15, -0.1) is 0 Å². The summed E-state index contributed by atoms with van der Waals surface area (Å²) < 4.78 is 5.42. The van der Waals surface area contributed by atoms with Crippen LogP contribution in [0, 0.1) is 5.92 Å². The van der Waals surface area contributed by atoms with Crippen LogP contribution >= 0.6 is 0 Å². The van der Waals surface area contributed by atoms with Crippen LogP contribution in [-0.2, 0) is 4.74 Å². The predicted molar refractivity (Wildman–Crippen MR) is 66.7 cm³/mol. The molecule has 0 aromatic rings. The summed E-state index contributed by atoms with van der Waals surface area (Å²) in [7, 11) is 4.08. The lowest BCUT2D eigenvalue weighted by Crippen LogP contribution is -2.46. The van der Waals surface area contributed by atoms with Gasteiger partial charge >= 0.3 is 0 Å². The van der Waals surface area contributed by atoms with Gasteiger partial charge in [0.05, 0.1) is 6.10 Å². The van der Waals surface area contributed by atoms with Crippen molar-refractivity contribution in [2.45, 2.75) is 31.8 Å². The molecule has 1 heterocycles. The molecule has 94 valence electrons. The standard InChI is InChI=1S/C13H26N2O/c1-14-7-9-15(10-8-14)11-12-3-5-13(16-2)6-4-12/h12-13H,3-11H2,1-2H3. The molecule has 1 saturated carbocycles. The van der Waals surface area contributed by atoms with Crippen molar-refractivity contribution in [3.63, 3.8) is 0 Å². The Hall–Kier alpha value is -0.120. The first-order valence-corrected chi connectivity index (χ1v) is 6.71. The Labute approximate surface area is 99.7 Å². The molecule has 2 fully saturated rings. The molecule has 0 radical (unpaired) electrons. The zero-order valence-corrected chi connectivity index (χ0v) is 10.8. The van der Waals surface area contributed by atoms with Gasteiger partial charge in [-0.25, -0.2) is 0 Å². The van der Waals surface area contributed by atoms with E-state index >= 15 is 0 Å². The Morgan fingerprint density at radius 1 is 1.00 bits per heavy atom. The van der Waals surface area contributed by atoms with Crippen molar-refractivity contribution in [3.05, 3.63) is 0 Å². The summed E-state index contributed by atoms with van der Waals surface area (Å²) in [6.07, 6.45) is 5.82. The van der Waals surface area contributed by atoms with E-state index in [0.29, 0.717) is 6.10 Å². The van der Waals surface area contributed by atoms with Gasteiger partial charge in [-0.3, -0.25) is 0 Å². The van der Waals surface area contributed by atoms with Crippen LogP contribution in [0.25, 0.3) is 0 Å². The van der Waals surface area contributed by atoms with Gasteiger partial charge in [-0.2, -0.15) is 0 Å². The number of piperazine rings is 1. The van der Waals surface area contributed by atoms with Crippen molar-refractivity contribution in [2.75, 3.05) is 46.9 Å². The van der Waals surface area contributed by atoms with Gasteiger partial charge in [0, 0.05) is 39.8 Å². The molecule has 0 N–H and O–H groups in total. The van der Waals surface area contributed by atoms with Crippen LogP contribution in [0.3, 0.4) is 0 Å². The first-order valence-electron chi connectivity index (χ1n) is 6.71. The molecule has 0 amide bonds. The monoisotopic (exact) mass is 226 g/mol. The minimum atomic E-state index is 0.545. The molecule has 3 heteroatoms. The van der Waals surface area contributed by atoms with E-state index in [2.05, 4.69) is 16.8 Å². The van der Waals surface area contributed by atoms with E-state index in [-0.39, 0.29) is 0 Å². The van der Waals surface area contributed by atoms with Crippen molar-refractivity contribution < 1.29 is 4.74 Å². The summed E-state index contributed by atoms with van der Waals surface area (Å²) in [5.41, 5.74) is 0. The van der Waals surface area contributed by atoms with Crippen LogP contribution < -0.4 is 0 Å². The maximum atomic E-state index is 5.42. The molecular formula is C13H26N2O. The molecule has 1 aliphatic carbocycles. The first kappa shape index (κ1) is 12.3. The van der Waals surface area contributed by atoms with E-state index in [9.17, 15) is 0 Å². The van der Waals surface area contributed by atoms with Crippen molar-refractivity contribution in [3.8, 4) is 0 Å². The average Bonchev–Trinajstić information content (AvgIpc) is 2.33. The van der Waals surface area contributed by atoms with Crippen molar-refractivity contribution in [2.24, 2.45) is 5.92 Å². The Morgan fingerprint density at radius 2 is 1.62 bits per heavy atom. The van der Waals surface area contributed by atoms with Crippen LogP contribution in [0.1, 0.15) is 25.7 Å². The Bertz CT molecular complexity index is 194. The summed E-state index contributed by atoms with van der Waals surface area (Å²) in [5, 5.41) is 0. The fourth-order valence-corrected chi connectivity index (χ4v) is 2.95. The number of nitrogens with zero attached hydrogens (tertiary/aromatic N) is 2. The summed E-state index contributed by atoms with van der Waals surface area (Å²) >= 11 is 0. The smallest absolute Gasteiger partial charge is 0.0571 e. The highest BCUT2D eigenvalue weighted by atomic mass is 16.5. The number of methoxy groups -OCH3 is 1. The number of ether oxygens (including phenoxy) is 1. The third-order valence-corrected chi connectivity index (χ3v) is 4.24. The van der Waals surface area contributed by atoms with Crippen molar-refractivity contribution >= 4 is 0 Å². The minimum absolute atomic E-state index is 0.545. The van der Waals surface area contributed by atoms with E-state index in [4.69, 9.17) is 4.74 Å². The summed E-state index contributed by atoms with van der Waals surface area (Å²) in [5.74, 6) is 0.926. The second-order valence-electron chi connectivity index (χ2n) is 5.48. The van der Waals surface area contributed by atoms with E-state index in [0.717, 1.165) is 5.92 Å². The Balaban J connectivity index is 1.66. The van der Waals surface area contributed by atoms with E-state index in [1.54, 1.807) is 0 Å².